The number of carbonyl (C=O) groups excluding carboxylic acids is 2. The zero-order valence-electron chi connectivity index (χ0n) is 15.8. The van der Waals surface area contributed by atoms with Crippen LogP contribution in [0.1, 0.15) is 31.2 Å². The topological polar surface area (TPSA) is 83.4 Å². The fraction of sp³-hybridized carbons (Fsp3) is 0.182. The summed E-state index contributed by atoms with van der Waals surface area (Å²) in [6.45, 7) is 3.26. The van der Waals surface area contributed by atoms with E-state index in [1.807, 2.05) is 42.5 Å². The molecule has 2 amide bonds. The monoisotopic (exact) mass is 377 g/mol. The predicted octanol–water partition coefficient (Wildman–Crippen LogP) is 3.94. The Morgan fingerprint density at radius 2 is 1.50 bits per heavy atom. The summed E-state index contributed by atoms with van der Waals surface area (Å²) in [5, 5.41) is 8.90. The summed E-state index contributed by atoms with van der Waals surface area (Å²) in [7, 11) is 0. The zero-order chi connectivity index (χ0) is 19.9. The molecule has 0 fully saturated rings. The van der Waals surface area contributed by atoms with Crippen LogP contribution in [0.3, 0.4) is 0 Å². The number of amides is 2. The van der Waals surface area contributed by atoms with Crippen LogP contribution in [0, 0.1) is 0 Å². The Morgan fingerprint density at radius 3 is 2.07 bits per heavy atom. The van der Waals surface area contributed by atoms with E-state index < -0.39 is 6.04 Å². The lowest BCUT2D eigenvalue weighted by Gasteiger charge is -2.22. The van der Waals surface area contributed by atoms with Crippen LogP contribution in [0.25, 0.3) is 0 Å². The summed E-state index contributed by atoms with van der Waals surface area (Å²) in [6, 6.07) is 19.8. The third-order valence-electron chi connectivity index (χ3n) is 4.24. The first kappa shape index (κ1) is 19.4. The van der Waals surface area contributed by atoms with Gasteiger partial charge < -0.3 is 15.1 Å². The molecule has 144 valence electrons. The maximum atomic E-state index is 12.6. The highest BCUT2D eigenvalue weighted by Crippen LogP contribution is 2.23. The van der Waals surface area contributed by atoms with Crippen molar-refractivity contribution in [1.82, 2.24) is 5.32 Å². The van der Waals surface area contributed by atoms with Crippen molar-refractivity contribution in [2.45, 2.75) is 25.9 Å². The van der Waals surface area contributed by atoms with Crippen molar-refractivity contribution >= 4 is 23.2 Å². The second kappa shape index (κ2) is 9.01. The number of furan rings is 1. The van der Waals surface area contributed by atoms with Crippen LogP contribution in [0.15, 0.2) is 77.4 Å². The molecule has 0 saturated heterocycles. The Bertz CT molecular complexity index is 906. The fourth-order valence-electron chi connectivity index (χ4n) is 2.86. The van der Waals surface area contributed by atoms with Gasteiger partial charge in [0, 0.05) is 18.3 Å². The number of rotatable bonds is 7. The minimum Gasteiger partial charge on any atom is -0.467 e. The fourth-order valence-corrected chi connectivity index (χ4v) is 2.86. The Kier molecular flexibility index (Phi) is 6.24. The molecule has 0 aliphatic carbocycles. The van der Waals surface area contributed by atoms with Crippen molar-refractivity contribution in [2.75, 3.05) is 10.6 Å². The van der Waals surface area contributed by atoms with E-state index in [2.05, 4.69) is 16.0 Å². The third kappa shape index (κ3) is 5.08. The van der Waals surface area contributed by atoms with Crippen molar-refractivity contribution in [1.29, 1.82) is 0 Å². The van der Waals surface area contributed by atoms with Crippen molar-refractivity contribution in [2.24, 2.45) is 0 Å². The average Bonchev–Trinajstić information content (AvgIpc) is 3.22. The lowest BCUT2D eigenvalue weighted by atomic mass is 10.0. The number of hydrogen-bond donors (Lipinski definition) is 3. The van der Waals surface area contributed by atoms with Crippen LogP contribution in [0.2, 0.25) is 0 Å². The molecule has 0 radical (unpaired) electrons. The van der Waals surface area contributed by atoms with Crippen molar-refractivity contribution < 1.29 is 14.0 Å². The first-order chi connectivity index (χ1) is 13.5. The van der Waals surface area contributed by atoms with Gasteiger partial charge in [-0.15, -0.1) is 0 Å². The van der Waals surface area contributed by atoms with E-state index in [9.17, 15) is 9.59 Å². The van der Waals surface area contributed by atoms with E-state index in [4.69, 9.17) is 4.42 Å². The summed E-state index contributed by atoms with van der Waals surface area (Å²) in [5.74, 6) is 0.435. The minimum atomic E-state index is -0.467. The molecule has 2 aromatic carbocycles. The average molecular weight is 377 g/mol. The van der Waals surface area contributed by atoms with Crippen molar-refractivity contribution in [3.05, 3.63) is 84.3 Å². The number of anilines is 2. The highest BCUT2D eigenvalue weighted by atomic mass is 16.3. The smallest absolute Gasteiger partial charge is 0.241 e. The number of carbonyl (C=O) groups is 2. The number of benzene rings is 2. The Morgan fingerprint density at radius 1 is 0.857 bits per heavy atom. The van der Waals surface area contributed by atoms with Crippen LogP contribution >= 0.6 is 0 Å². The second-order valence-corrected chi connectivity index (χ2v) is 6.50. The van der Waals surface area contributed by atoms with Gasteiger partial charge in [0.05, 0.1) is 18.3 Å². The second-order valence-electron chi connectivity index (χ2n) is 6.50. The molecule has 6 nitrogen and oxygen atoms in total. The molecule has 1 heterocycles. The minimum absolute atomic E-state index is 0.139. The molecule has 0 aliphatic rings. The molecule has 2 atom stereocenters. The van der Waals surface area contributed by atoms with Gasteiger partial charge in [0.1, 0.15) is 5.76 Å². The Hall–Kier alpha value is -3.38. The van der Waals surface area contributed by atoms with E-state index in [0.29, 0.717) is 11.4 Å². The molecule has 3 rings (SSSR count). The van der Waals surface area contributed by atoms with Crippen molar-refractivity contribution in [3.8, 4) is 0 Å². The quantitative estimate of drug-likeness (QED) is 0.582. The summed E-state index contributed by atoms with van der Waals surface area (Å²) in [5.41, 5.74) is 2.34. The van der Waals surface area contributed by atoms with Gasteiger partial charge >= 0.3 is 0 Å². The van der Waals surface area contributed by atoms with E-state index >= 15 is 0 Å². The molecule has 0 spiro atoms. The van der Waals surface area contributed by atoms with E-state index in [1.165, 1.54) is 6.92 Å². The highest BCUT2D eigenvalue weighted by Gasteiger charge is 2.22. The molecule has 28 heavy (non-hydrogen) atoms. The standard InChI is InChI=1S/C22H23N3O3/c1-15(22(27)25-19-12-10-18(11-13-19)24-16(2)26)23-21(20-9-6-14-28-20)17-7-4-3-5-8-17/h3-15,21,23H,1-2H3,(H,24,26)(H,25,27)/t15-,21+/m0/s1. The molecule has 3 aromatic rings. The molecule has 3 N–H and O–H groups in total. The zero-order valence-corrected chi connectivity index (χ0v) is 15.8. The van der Waals surface area contributed by atoms with Gasteiger partial charge in [-0.2, -0.15) is 0 Å². The van der Waals surface area contributed by atoms with Gasteiger partial charge in [0.25, 0.3) is 0 Å². The summed E-state index contributed by atoms with van der Waals surface area (Å²) in [4.78, 5) is 23.7. The van der Waals surface area contributed by atoms with Gasteiger partial charge in [-0.1, -0.05) is 30.3 Å². The Balaban J connectivity index is 1.67. The van der Waals surface area contributed by atoms with Gasteiger partial charge in [-0.3, -0.25) is 14.9 Å². The van der Waals surface area contributed by atoms with Gasteiger partial charge in [0.2, 0.25) is 11.8 Å². The van der Waals surface area contributed by atoms with Crippen LogP contribution in [-0.4, -0.2) is 17.9 Å². The van der Waals surface area contributed by atoms with Gasteiger partial charge in [-0.05, 0) is 48.9 Å². The van der Waals surface area contributed by atoms with E-state index in [0.717, 1.165) is 11.3 Å². The summed E-state index contributed by atoms with van der Waals surface area (Å²) >= 11 is 0. The number of nitrogens with one attached hydrogen (secondary N) is 3. The SMILES string of the molecule is CC(=O)Nc1ccc(NC(=O)[C@H](C)N[C@H](c2ccccc2)c2ccco2)cc1. The molecule has 0 unspecified atom stereocenters. The first-order valence-corrected chi connectivity index (χ1v) is 9.06. The van der Waals surface area contributed by atoms with E-state index in [1.54, 1.807) is 37.5 Å². The molecule has 6 heteroatoms. The first-order valence-electron chi connectivity index (χ1n) is 9.06. The molecule has 0 bridgehead atoms. The predicted molar refractivity (Wildman–Crippen MR) is 109 cm³/mol. The lowest BCUT2D eigenvalue weighted by molar-refractivity contribution is -0.118. The van der Waals surface area contributed by atoms with Gasteiger partial charge in [0.15, 0.2) is 0 Å². The largest absolute Gasteiger partial charge is 0.467 e. The maximum absolute atomic E-state index is 12.6. The summed E-state index contributed by atoms with van der Waals surface area (Å²) in [6.07, 6.45) is 1.62. The van der Waals surface area contributed by atoms with Crippen LogP contribution in [-0.2, 0) is 9.59 Å². The van der Waals surface area contributed by atoms with Crippen molar-refractivity contribution in [3.63, 3.8) is 0 Å². The third-order valence-corrected chi connectivity index (χ3v) is 4.24. The van der Waals surface area contributed by atoms with Crippen LogP contribution in [0.4, 0.5) is 11.4 Å². The normalized spacial score (nSPS) is 12.8. The molecular weight excluding hydrogens is 354 g/mol. The summed E-state index contributed by atoms with van der Waals surface area (Å²) < 4.78 is 5.57. The number of hydrogen-bond acceptors (Lipinski definition) is 4. The molecule has 0 saturated carbocycles. The highest BCUT2D eigenvalue weighted by molar-refractivity contribution is 5.95. The van der Waals surface area contributed by atoms with E-state index in [-0.39, 0.29) is 17.9 Å². The maximum Gasteiger partial charge on any atom is 0.241 e. The van der Waals surface area contributed by atoms with Crippen LogP contribution < -0.4 is 16.0 Å². The molecule has 1 aromatic heterocycles. The lowest BCUT2D eigenvalue weighted by Crippen LogP contribution is -2.40. The van der Waals surface area contributed by atoms with Crippen LogP contribution in [0.5, 0.6) is 0 Å². The Labute approximate surface area is 164 Å². The molecule has 0 aliphatic heterocycles. The van der Waals surface area contributed by atoms with Gasteiger partial charge in [-0.25, -0.2) is 0 Å². The molecular formula is C22H23N3O3.